The second-order valence-corrected chi connectivity index (χ2v) is 8.46. The van der Waals surface area contributed by atoms with Crippen molar-refractivity contribution in [2.75, 3.05) is 16.3 Å². The van der Waals surface area contributed by atoms with Crippen molar-refractivity contribution in [3.05, 3.63) is 66.5 Å². The molecule has 0 saturated heterocycles. The van der Waals surface area contributed by atoms with Crippen LogP contribution in [0.2, 0.25) is 0 Å². The lowest BCUT2D eigenvalue weighted by Gasteiger charge is -2.11. The van der Waals surface area contributed by atoms with Crippen LogP contribution >= 0.6 is 0 Å². The molecule has 2 aromatic carbocycles. The van der Waals surface area contributed by atoms with Gasteiger partial charge in [0.05, 0.1) is 18.1 Å². The zero-order valence-corrected chi connectivity index (χ0v) is 16.6. The third-order valence-electron chi connectivity index (χ3n) is 4.35. The van der Waals surface area contributed by atoms with Gasteiger partial charge in [0.25, 0.3) is 0 Å². The highest BCUT2D eigenvalue weighted by molar-refractivity contribution is 7.92. The van der Waals surface area contributed by atoms with Gasteiger partial charge in [-0.1, -0.05) is 18.2 Å². The van der Waals surface area contributed by atoms with Crippen LogP contribution in [0.1, 0.15) is 5.56 Å². The number of fused-ring (bicyclic) bond motifs is 1. The molecule has 2 heterocycles. The van der Waals surface area contributed by atoms with E-state index in [1.807, 2.05) is 19.1 Å². The van der Waals surface area contributed by atoms with Crippen molar-refractivity contribution in [2.24, 2.45) is 0 Å². The van der Waals surface area contributed by atoms with E-state index in [1.54, 1.807) is 53.3 Å². The van der Waals surface area contributed by atoms with Gasteiger partial charge >= 0.3 is 0 Å². The topological polar surface area (TPSA) is 109 Å². The van der Waals surface area contributed by atoms with Crippen LogP contribution in [0.3, 0.4) is 0 Å². The van der Waals surface area contributed by atoms with E-state index in [0.29, 0.717) is 22.8 Å². The van der Waals surface area contributed by atoms with E-state index in [2.05, 4.69) is 20.1 Å². The fraction of sp³-hybridized carbons (Fsp3) is 0.100. The van der Waals surface area contributed by atoms with E-state index < -0.39 is 10.0 Å². The van der Waals surface area contributed by atoms with E-state index in [-0.39, 0.29) is 5.75 Å². The van der Waals surface area contributed by atoms with Crippen molar-refractivity contribution in [2.45, 2.75) is 6.92 Å². The first-order valence-electron chi connectivity index (χ1n) is 8.78. The van der Waals surface area contributed by atoms with Crippen molar-refractivity contribution >= 4 is 32.9 Å². The number of anilines is 3. The summed E-state index contributed by atoms with van der Waals surface area (Å²) in [7, 11) is -3.37. The lowest BCUT2D eigenvalue weighted by molar-refractivity contribution is 0.475. The summed E-state index contributed by atoms with van der Waals surface area (Å²) in [6.45, 7) is 1.83. The smallest absolute Gasteiger partial charge is 0.229 e. The molecule has 0 aliphatic carbocycles. The Hall–Kier alpha value is -3.59. The maximum atomic E-state index is 11.6. The summed E-state index contributed by atoms with van der Waals surface area (Å²) in [5, 5.41) is 17.0. The third-order valence-corrected chi connectivity index (χ3v) is 4.94. The molecule has 4 rings (SSSR count). The van der Waals surface area contributed by atoms with Crippen LogP contribution in [-0.4, -0.2) is 34.4 Å². The lowest BCUT2D eigenvalue weighted by atomic mass is 10.1. The molecule has 0 unspecified atom stereocenters. The minimum atomic E-state index is -3.37. The molecule has 148 valence electrons. The summed E-state index contributed by atoms with van der Waals surface area (Å²) >= 11 is 0. The van der Waals surface area contributed by atoms with Crippen LogP contribution in [0.15, 0.2) is 60.9 Å². The molecule has 0 aliphatic rings. The van der Waals surface area contributed by atoms with Crippen LogP contribution in [0, 0.1) is 6.92 Å². The van der Waals surface area contributed by atoms with E-state index >= 15 is 0 Å². The molecule has 3 N–H and O–H groups in total. The summed E-state index contributed by atoms with van der Waals surface area (Å²) in [6.07, 6.45) is 4.63. The second kappa shape index (κ2) is 7.10. The average Bonchev–Trinajstić information content (AvgIpc) is 3.07. The van der Waals surface area contributed by atoms with Gasteiger partial charge in [-0.15, -0.1) is 0 Å². The van der Waals surface area contributed by atoms with Crippen molar-refractivity contribution in [3.63, 3.8) is 0 Å². The van der Waals surface area contributed by atoms with E-state index in [0.717, 1.165) is 22.9 Å². The molecule has 0 atom stereocenters. The maximum absolute atomic E-state index is 11.6. The number of phenols is 1. The molecule has 0 saturated carbocycles. The fourth-order valence-electron chi connectivity index (χ4n) is 2.94. The van der Waals surface area contributed by atoms with Gasteiger partial charge in [-0.05, 0) is 48.4 Å². The third kappa shape index (κ3) is 4.14. The normalized spacial score (nSPS) is 11.5. The number of nitrogens with zero attached hydrogens (tertiary/aromatic N) is 3. The second-order valence-electron chi connectivity index (χ2n) is 6.72. The molecule has 0 aliphatic heterocycles. The van der Waals surface area contributed by atoms with Crippen molar-refractivity contribution in [1.82, 2.24) is 14.6 Å². The van der Waals surface area contributed by atoms with Crippen molar-refractivity contribution in [1.29, 1.82) is 0 Å². The Morgan fingerprint density at radius 2 is 1.83 bits per heavy atom. The van der Waals surface area contributed by atoms with Crippen LogP contribution < -0.4 is 10.0 Å². The Balaban J connectivity index is 1.68. The average molecular weight is 409 g/mol. The van der Waals surface area contributed by atoms with Gasteiger partial charge < -0.3 is 10.4 Å². The Morgan fingerprint density at radius 1 is 1.07 bits per heavy atom. The van der Waals surface area contributed by atoms with Gasteiger partial charge in [0.1, 0.15) is 11.6 Å². The lowest BCUT2D eigenvalue weighted by Crippen LogP contribution is -2.10. The molecule has 29 heavy (non-hydrogen) atoms. The predicted octanol–water partition coefficient (Wildman–Crippen LogP) is 3.53. The zero-order chi connectivity index (χ0) is 20.6. The molecule has 8 nitrogen and oxygen atoms in total. The van der Waals surface area contributed by atoms with Gasteiger partial charge in [0.2, 0.25) is 10.0 Å². The fourth-order valence-corrected chi connectivity index (χ4v) is 3.56. The first-order chi connectivity index (χ1) is 13.8. The molecule has 0 spiro atoms. The van der Waals surface area contributed by atoms with E-state index in [4.69, 9.17) is 0 Å². The highest BCUT2D eigenvalue weighted by Crippen LogP contribution is 2.27. The number of phenolic OH excluding ortho intramolecular Hbond substituents is 1. The molecular weight excluding hydrogens is 390 g/mol. The highest BCUT2D eigenvalue weighted by Gasteiger charge is 2.10. The van der Waals surface area contributed by atoms with Gasteiger partial charge in [-0.3, -0.25) is 4.72 Å². The number of hydrogen-bond donors (Lipinski definition) is 3. The Morgan fingerprint density at radius 3 is 2.55 bits per heavy atom. The predicted molar refractivity (Wildman–Crippen MR) is 113 cm³/mol. The summed E-state index contributed by atoms with van der Waals surface area (Å²) < 4.78 is 27.3. The minimum Gasteiger partial charge on any atom is -0.508 e. The Bertz CT molecular complexity index is 1300. The quantitative estimate of drug-likeness (QED) is 0.465. The van der Waals surface area contributed by atoms with Crippen LogP contribution in [0.4, 0.5) is 17.2 Å². The summed E-state index contributed by atoms with van der Waals surface area (Å²) in [5.41, 5.74) is 4.39. The highest BCUT2D eigenvalue weighted by atomic mass is 32.2. The monoisotopic (exact) mass is 409 g/mol. The first-order valence-corrected chi connectivity index (χ1v) is 10.7. The molecule has 0 radical (unpaired) electrons. The van der Waals surface area contributed by atoms with Crippen molar-refractivity contribution in [3.8, 4) is 16.9 Å². The first kappa shape index (κ1) is 18.8. The summed E-state index contributed by atoms with van der Waals surface area (Å²) in [4.78, 5) is 4.64. The summed E-state index contributed by atoms with van der Waals surface area (Å²) in [5.74, 6) is 0.783. The molecule has 0 amide bonds. The number of aryl methyl sites for hydroxylation is 1. The maximum Gasteiger partial charge on any atom is 0.229 e. The molecule has 0 fully saturated rings. The SMILES string of the molecule is Cc1ccc(Nc2ccn3ncc(-c4ccc(O)cc4)c3n2)cc1NS(C)(=O)=O. The van der Waals surface area contributed by atoms with Gasteiger partial charge in [0.15, 0.2) is 5.65 Å². The molecule has 4 aromatic rings. The number of aromatic nitrogens is 3. The number of aromatic hydroxyl groups is 1. The molecule has 2 aromatic heterocycles. The number of benzene rings is 2. The number of hydrogen-bond acceptors (Lipinski definition) is 6. The minimum absolute atomic E-state index is 0.193. The molecule has 9 heteroatoms. The van der Waals surface area contributed by atoms with Crippen molar-refractivity contribution < 1.29 is 13.5 Å². The number of rotatable bonds is 5. The number of sulfonamides is 1. The van der Waals surface area contributed by atoms with Crippen LogP contribution in [0.25, 0.3) is 16.8 Å². The zero-order valence-electron chi connectivity index (χ0n) is 15.8. The summed E-state index contributed by atoms with van der Waals surface area (Å²) in [6, 6.07) is 14.0. The van der Waals surface area contributed by atoms with Gasteiger partial charge in [-0.25, -0.2) is 17.9 Å². The molecule has 0 bridgehead atoms. The Kier molecular flexibility index (Phi) is 4.59. The van der Waals surface area contributed by atoms with Gasteiger partial charge in [-0.2, -0.15) is 5.10 Å². The standard InChI is InChI=1S/C20H19N5O3S/c1-13-3-6-15(11-18(13)24-29(2,27)28)22-19-9-10-25-20(23-19)17(12-21-25)14-4-7-16(26)8-5-14/h3-12,24,26H,1-2H3,(H,22,23). The largest absolute Gasteiger partial charge is 0.508 e. The van der Waals surface area contributed by atoms with E-state index in [9.17, 15) is 13.5 Å². The number of nitrogens with one attached hydrogen (secondary N) is 2. The molecular formula is C20H19N5O3S. The van der Waals surface area contributed by atoms with Crippen LogP contribution in [-0.2, 0) is 10.0 Å². The van der Waals surface area contributed by atoms with Crippen LogP contribution in [0.5, 0.6) is 5.75 Å². The van der Waals surface area contributed by atoms with E-state index in [1.165, 1.54) is 0 Å². The van der Waals surface area contributed by atoms with Gasteiger partial charge in [0, 0.05) is 17.4 Å². The Labute approximate surface area is 167 Å².